The molecule has 1 atom stereocenters. The van der Waals surface area contributed by atoms with Gasteiger partial charge in [0.1, 0.15) is 5.82 Å². The Morgan fingerprint density at radius 2 is 1.85 bits per heavy atom. The molecule has 8 N–H and O–H groups in total. The molecule has 0 aromatic heterocycles. The molecule has 0 bridgehead atoms. The summed E-state index contributed by atoms with van der Waals surface area (Å²) in [5.41, 5.74) is 0.0187. The van der Waals surface area contributed by atoms with Crippen LogP contribution >= 0.6 is 0 Å². The normalized spacial score (nSPS) is 18.1. The fourth-order valence-electron chi connectivity index (χ4n) is 4.90. The number of likely N-dealkylation sites (N-methyl/N-ethyl adjacent to an activating group) is 1. The van der Waals surface area contributed by atoms with E-state index in [-0.39, 0.29) is 22.7 Å². The molecule has 2 amide bonds. The maximum atomic E-state index is 14.7. The van der Waals surface area contributed by atoms with Gasteiger partial charge >= 0.3 is 0 Å². The van der Waals surface area contributed by atoms with Gasteiger partial charge in [-0.25, -0.2) is 4.39 Å². The maximum absolute atomic E-state index is 14.7. The second-order valence-corrected chi connectivity index (χ2v) is 9.79. The molecule has 14 nitrogen and oxygen atoms in total. The van der Waals surface area contributed by atoms with Crippen LogP contribution in [0.5, 0.6) is 0 Å². The molecule has 2 aliphatic rings. The van der Waals surface area contributed by atoms with E-state index in [9.17, 15) is 49.4 Å². The molecular formula is C26H31FN4O10. The number of aliphatic hydroxyl groups is 6. The van der Waals surface area contributed by atoms with Gasteiger partial charge in [-0.3, -0.25) is 24.2 Å². The predicted octanol–water partition coefficient (Wildman–Crippen LogP) is -2.50. The van der Waals surface area contributed by atoms with Gasteiger partial charge < -0.3 is 46.0 Å². The summed E-state index contributed by atoms with van der Waals surface area (Å²) in [6.07, 6.45) is -0.707. The van der Waals surface area contributed by atoms with E-state index in [2.05, 4.69) is 10.2 Å². The second kappa shape index (κ2) is 11.4. The Labute approximate surface area is 233 Å². The predicted molar refractivity (Wildman–Crippen MR) is 137 cm³/mol. The van der Waals surface area contributed by atoms with Crippen LogP contribution < -0.4 is 10.6 Å². The van der Waals surface area contributed by atoms with Crippen LogP contribution in [0.3, 0.4) is 0 Å². The van der Waals surface area contributed by atoms with Crippen molar-refractivity contribution in [2.75, 3.05) is 38.7 Å². The minimum Gasteiger partial charge on any atom is -0.380 e. The van der Waals surface area contributed by atoms with E-state index in [0.29, 0.717) is 19.8 Å². The summed E-state index contributed by atoms with van der Waals surface area (Å²) >= 11 is 0. The summed E-state index contributed by atoms with van der Waals surface area (Å²) in [6.45, 7) is 3.02. The number of benzene rings is 2. The quantitative estimate of drug-likeness (QED) is 0.109. The molecule has 2 aliphatic heterocycles. The third kappa shape index (κ3) is 5.53. The Bertz CT molecular complexity index is 1330. The Balaban J connectivity index is 1.65. The van der Waals surface area contributed by atoms with Gasteiger partial charge in [0.2, 0.25) is 5.91 Å². The molecule has 0 saturated carbocycles. The number of hydrogen-bond acceptors (Lipinski definition) is 12. The fraction of sp³-hybridized carbons (Fsp3) is 0.423. The maximum Gasteiger partial charge on any atom is 0.281 e. The largest absolute Gasteiger partial charge is 0.380 e. The smallest absolute Gasteiger partial charge is 0.281 e. The summed E-state index contributed by atoms with van der Waals surface area (Å²) in [5.74, 6) is -14.9. The third-order valence-electron chi connectivity index (χ3n) is 7.11. The number of fused-ring (bicyclic) bond motifs is 1. The van der Waals surface area contributed by atoms with Crippen LogP contribution in [0.2, 0.25) is 0 Å². The summed E-state index contributed by atoms with van der Waals surface area (Å²) < 4.78 is 20.0. The molecule has 15 heteroatoms. The lowest BCUT2D eigenvalue weighted by molar-refractivity contribution is -0.365. The van der Waals surface area contributed by atoms with Crippen LogP contribution in [0.4, 0.5) is 10.1 Å². The molecule has 4 rings (SSSR count). The molecular weight excluding hydrogens is 547 g/mol. The van der Waals surface area contributed by atoms with Crippen molar-refractivity contribution in [3.63, 3.8) is 0 Å². The first-order valence-corrected chi connectivity index (χ1v) is 12.6. The third-order valence-corrected chi connectivity index (χ3v) is 7.11. The number of aldehydes is 1. The van der Waals surface area contributed by atoms with Crippen molar-refractivity contribution in [1.82, 2.24) is 15.1 Å². The van der Waals surface area contributed by atoms with Crippen molar-refractivity contribution in [2.24, 2.45) is 0 Å². The van der Waals surface area contributed by atoms with Crippen molar-refractivity contribution in [3.8, 4) is 0 Å². The van der Waals surface area contributed by atoms with E-state index >= 15 is 0 Å². The molecule has 222 valence electrons. The number of hydrogen-bond donors (Lipinski definition) is 8. The van der Waals surface area contributed by atoms with Gasteiger partial charge in [-0.05, 0) is 29.8 Å². The molecule has 2 heterocycles. The number of halogens is 1. The van der Waals surface area contributed by atoms with Crippen molar-refractivity contribution in [2.45, 2.75) is 36.6 Å². The van der Waals surface area contributed by atoms with E-state index in [1.807, 2.05) is 5.32 Å². The number of rotatable bonds is 10. The zero-order valence-corrected chi connectivity index (χ0v) is 22.0. The fourth-order valence-corrected chi connectivity index (χ4v) is 4.90. The highest BCUT2D eigenvalue weighted by Crippen LogP contribution is 2.43. The van der Waals surface area contributed by atoms with Gasteiger partial charge in [0.05, 0.1) is 24.3 Å². The topological polar surface area (TPSA) is 212 Å². The second-order valence-electron chi connectivity index (χ2n) is 9.79. The van der Waals surface area contributed by atoms with Gasteiger partial charge in [-0.2, -0.15) is 0 Å². The zero-order valence-electron chi connectivity index (χ0n) is 22.0. The lowest BCUT2D eigenvalue weighted by atomic mass is 9.95. The number of carbonyl (C=O) groups excluding carboxylic acids is 3. The van der Waals surface area contributed by atoms with E-state index < -0.39 is 58.6 Å². The van der Waals surface area contributed by atoms with Crippen LogP contribution in [0, 0.1) is 5.82 Å². The lowest BCUT2D eigenvalue weighted by Gasteiger charge is -2.43. The van der Waals surface area contributed by atoms with Crippen LogP contribution in [-0.2, 0) is 33.3 Å². The molecule has 1 fully saturated rings. The van der Waals surface area contributed by atoms with Crippen LogP contribution in [0.15, 0.2) is 36.4 Å². The summed E-state index contributed by atoms with van der Waals surface area (Å²) in [5, 5.41) is 67.7. The number of nitrogens with one attached hydrogen (secondary N) is 2. The molecule has 2 aromatic carbocycles. The van der Waals surface area contributed by atoms with Gasteiger partial charge in [0.25, 0.3) is 23.4 Å². The summed E-state index contributed by atoms with van der Waals surface area (Å²) in [4.78, 5) is 39.2. The molecule has 0 spiro atoms. The number of amides is 2. The number of nitrogens with zero attached hydrogens (tertiary/aromatic N) is 2. The van der Waals surface area contributed by atoms with E-state index in [1.165, 1.54) is 18.2 Å². The summed E-state index contributed by atoms with van der Waals surface area (Å²) in [6, 6.07) is 5.60. The highest BCUT2D eigenvalue weighted by molar-refractivity contribution is 6.04. The van der Waals surface area contributed by atoms with Gasteiger partial charge in [-0.1, -0.05) is 12.1 Å². The average Bonchev–Trinajstić information content (AvgIpc) is 3.14. The lowest BCUT2D eigenvalue weighted by Crippen LogP contribution is -2.73. The molecule has 0 radical (unpaired) electrons. The Morgan fingerprint density at radius 1 is 1.17 bits per heavy atom. The SMILES string of the molecule is CNC(=O)C(N1C(=O)c2cccc(NCc3cc(CN4CCOCC4)ccc3F)c2C1(O)O)C(O)(O)C(O)(O)C=O. The summed E-state index contributed by atoms with van der Waals surface area (Å²) in [7, 11) is 0.988. The van der Waals surface area contributed by atoms with Crippen molar-refractivity contribution in [3.05, 3.63) is 64.5 Å². The van der Waals surface area contributed by atoms with E-state index in [1.54, 1.807) is 12.1 Å². The Hall–Kier alpha value is -3.54. The molecule has 0 aliphatic carbocycles. The molecule has 2 aromatic rings. The Kier molecular flexibility index (Phi) is 8.45. The number of morpholine rings is 1. The van der Waals surface area contributed by atoms with Crippen molar-refractivity contribution in [1.29, 1.82) is 0 Å². The van der Waals surface area contributed by atoms with Gasteiger partial charge in [-0.15, -0.1) is 0 Å². The zero-order chi connectivity index (χ0) is 30.2. The van der Waals surface area contributed by atoms with Gasteiger partial charge in [0, 0.05) is 44.5 Å². The minimum atomic E-state index is -4.11. The van der Waals surface area contributed by atoms with Crippen molar-refractivity contribution < 1.29 is 54.2 Å². The highest BCUT2D eigenvalue weighted by Gasteiger charge is 2.65. The Morgan fingerprint density at radius 3 is 2.49 bits per heavy atom. The number of ether oxygens (including phenoxy) is 1. The average molecular weight is 579 g/mol. The first kappa shape index (κ1) is 30.4. The van der Waals surface area contributed by atoms with E-state index in [4.69, 9.17) is 4.74 Å². The first-order valence-electron chi connectivity index (χ1n) is 12.6. The van der Waals surface area contributed by atoms with Crippen molar-refractivity contribution >= 4 is 23.8 Å². The first-order chi connectivity index (χ1) is 19.3. The minimum absolute atomic E-state index is 0.0897. The highest BCUT2D eigenvalue weighted by atomic mass is 19.1. The standard InChI is InChI=1S/C26H31FN4O10/c1-28-22(33)21(25(37,38)24(35,36)14-32)31-23(34)17-3-2-4-19(20(17)26(31,39)40)29-12-16-11-15(5-6-18(16)27)13-30-7-9-41-10-8-30/h2-6,11,14,21,29,35-40H,7-10,12-13H2,1H3,(H,28,33). The van der Waals surface area contributed by atoms with Crippen LogP contribution in [0.1, 0.15) is 27.0 Å². The molecule has 41 heavy (non-hydrogen) atoms. The molecule has 1 saturated heterocycles. The number of carbonyl (C=O) groups is 3. The van der Waals surface area contributed by atoms with Crippen LogP contribution in [-0.4, -0.2) is 110 Å². The van der Waals surface area contributed by atoms with Crippen LogP contribution in [0.25, 0.3) is 0 Å². The number of anilines is 1. The molecule has 1 unspecified atom stereocenters. The monoisotopic (exact) mass is 578 g/mol. The van der Waals surface area contributed by atoms with E-state index in [0.717, 1.165) is 31.8 Å². The van der Waals surface area contributed by atoms with Gasteiger partial charge in [0.15, 0.2) is 12.3 Å².